The summed E-state index contributed by atoms with van der Waals surface area (Å²) in [6.45, 7) is 0. The third kappa shape index (κ3) is 2.14. The number of methoxy groups -OCH3 is 1. The molecule has 0 saturated carbocycles. The van der Waals surface area contributed by atoms with E-state index < -0.39 is 0 Å². The summed E-state index contributed by atoms with van der Waals surface area (Å²) in [4.78, 5) is 9.18. The zero-order valence-electron chi connectivity index (χ0n) is 8.25. The minimum absolute atomic E-state index is 0.229. The molecule has 15 heavy (non-hydrogen) atoms. The smallest absolute Gasteiger partial charge is 0.129 e. The second-order valence-electron chi connectivity index (χ2n) is 3.00. The summed E-state index contributed by atoms with van der Waals surface area (Å²) in [6, 6.07) is 1.69. The third-order valence-corrected chi connectivity index (χ3v) is 3.03. The molecule has 0 bridgehead atoms. The Hall–Kier alpha value is -1.46. The van der Waals surface area contributed by atoms with Crippen molar-refractivity contribution in [2.45, 2.75) is 6.04 Å². The fourth-order valence-corrected chi connectivity index (χ4v) is 2.09. The molecule has 0 amide bonds. The maximum Gasteiger partial charge on any atom is 0.129 e. The molecule has 0 aliphatic rings. The molecule has 0 radical (unpaired) electrons. The average molecular weight is 221 g/mol. The molecule has 2 rings (SSSR count). The van der Waals surface area contributed by atoms with Crippen LogP contribution >= 0.6 is 11.3 Å². The second kappa shape index (κ2) is 4.37. The molecule has 0 aliphatic carbocycles. The Morgan fingerprint density at radius 2 is 2.33 bits per heavy atom. The topological polar surface area (TPSA) is 61.0 Å². The quantitative estimate of drug-likeness (QED) is 0.855. The van der Waals surface area contributed by atoms with Gasteiger partial charge in [-0.2, -0.15) is 0 Å². The first-order valence-corrected chi connectivity index (χ1v) is 5.33. The van der Waals surface area contributed by atoms with Crippen molar-refractivity contribution >= 4 is 11.3 Å². The molecule has 0 aliphatic heterocycles. The van der Waals surface area contributed by atoms with Crippen molar-refractivity contribution in [2.24, 2.45) is 5.73 Å². The Kier molecular flexibility index (Phi) is 2.94. The normalized spacial score (nSPS) is 12.4. The van der Waals surface area contributed by atoms with Crippen LogP contribution in [-0.4, -0.2) is 17.1 Å². The first kappa shape index (κ1) is 10.1. The molecular formula is C10H11N3OS. The Bertz CT molecular complexity index is 429. The molecule has 2 aromatic heterocycles. The fraction of sp³-hybridized carbons (Fsp3) is 0.200. The maximum absolute atomic E-state index is 6.04. The van der Waals surface area contributed by atoms with Crippen molar-refractivity contribution in [3.63, 3.8) is 0 Å². The first-order valence-electron chi connectivity index (χ1n) is 4.45. The zero-order chi connectivity index (χ0) is 10.7. The van der Waals surface area contributed by atoms with Gasteiger partial charge in [-0.3, -0.25) is 9.97 Å². The molecule has 2 aromatic rings. The highest BCUT2D eigenvalue weighted by Gasteiger charge is 2.12. The molecule has 0 spiro atoms. The van der Waals surface area contributed by atoms with Gasteiger partial charge < -0.3 is 10.5 Å². The van der Waals surface area contributed by atoms with Gasteiger partial charge >= 0.3 is 0 Å². The number of hydrogen-bond donors (Lipinski definition) is 1. The zero-order valence-corrected chi connectivity index (χ0v) is 9.07. The van der Waals surface area contributed by atoms with Crippen LogP contribution in [0.2, 0.25) is 0 Å². The van der Waals surface area contributed by atoms with Crippen LogP contribution in [0.3, 0.4) is 0 Å². The highest BCUT2D eigenvalue weighted by atomic mass is 32.1. The predicted molar refractivity (Wildman–Crippen MR) is 58.9 cm³/mol. The van der Waals surface area contributed by atoms with Gasteiger partial charge in [0, 0.05) is 22.7 Å². The van der Waals surface area contributed by atoms with E-state index in [0.29, 0.717) is 0 Å². The minimum atomic E-state index is -0.229. The van der Waals surface area contributed by atoms with E-state index in [9.17, 15) is 0 Å². The first-order chi connectivity index (χ1) is 7.31. The molecule has 2 N–H and O–H groups in total. The van der Waals surface area contributed by atoms with E-state index in [4.69, 9.17) is 10.5 Å². The number of thiophene rings is 1. The van der Waals surface area contributed by atoms with Crippen molar-refractivity contribution in [1.82, 2.24) is 9.97 Å². The van der Waals surface area contributed by atoms with E-state index in [1.54, 1.807) is 37.0 Å². The predicted octanol–water partition coefficient (Wildman–Crippen LogP) is 1.59. The van der Waals surface area contributed by atoms with Crippen LogP contribution < -0.4 is 10.5 Å². The molecule has 0 aromatic carbocycles. The van der Waals surface area contributed by atoms with Crippen LogP contribution in [0.1, 0.15) is 16.6 Å². The lowest BCUT2D eigenvalue weighted by molar-refractivity contribution is 0.416. The summed E-state index contributed by atoms with van der Waals surface area (Å²) in [5, 5.41) is 1.92. The SMILES string of the molecule is COc1csc(C(N)c2cnccn2)c1. The summed E-state index contributed by atoms with van der Waals surface area (Å²) < 4.78 is 5.10. The summed E-state index contributed by atoms with van der Waals surface area (Å²) in [7, 11) is 1.64. The molecule has 5 heteroatoms. The lowest BCUT2D eigenvalue weighted by atomic mass is 10.2. The van der Waals surface area contributed by atoms with Gasteiger partial charge in [-0.05, 0) is 6.07 Å². The number of nitrogens with zero attached hydrogens (tertiary/aromatic N) is 2. The number of ether oxygens (including phenoxy) is 1. The minimum Gasteiger partial charge on any atom is -0.496 e. The highest BCUT2D eigenvalue weighted by molar-refractivity contribution is 7.10. The Balaban J connectivity index is 2.24. The highest BCUT2D eigenvalue weighted by Crippen LogP contribution is 2.28. The van der Waals surface area contributed by atoms with Crippen LogP contribution in [0.4, 0.5) is 0 Å². The average Bonchev–Trinajstić information content (AvgIpc) is 2.78. The van der Waals surface area contributed by atoms with E-state index in [-0.39, 0.29) is 6.04 Å². The monoisotopic (exact) mass is 221 g/mol. The van der Waals surface area contributed by atoms with Gasteiger partial charge in [-0.15, -0.1) is 11.3 Å². The van der Waals surface area contributed by atoms with Crippen molar-refractivity contribution < 1.29 is 4.74 Å². The van der Waals surface area contributed by atoms with Crippen LogP contribution in [-0.2, 0) is 0 Å². The van der Waals surface area contributed by atoms with E-state index >= 15 is 0 Å². The van der Waals surface area contributed by atoms with Gasteiger partial charge in [0.05, 0.1) is 25.0 Å². The lowest BCUT2D eigenvalue weighted by Crippen LogP contribution is -2.12. The Morgan fingerprint density at radius 3 is 2.93 bits per heavy atom. The summed E-state index contributed by atoms with van der Waals surface area (Å²) in [6.07, 6.45) is 4.95. The van der Waals surface area contributed by atoms with Crippen molar-refractivity contribution in [3.05, 3.63) is 40.6 Å². The van der Waals surface area contributed by atoms with Crippen molar-refractivity contribution in [1.29, 1.82) is 0 Å². The van der Waals surface area contributed by atoms with E-state index in [2.05, 4.69) is 9.97 Å². The molecule has 1 unspecified atom stereocenters. The second-order valence-corrected chi connectivity index (χ2v) is 3.94. The van der Waals surface area contributed by atoms with Crippen LogP contribution in [0.25, 0.3) is 0 Å². The molecule has 0 fully saturated rings. The summed E-state index contributed by atoms with van der Waals surface area (Å²) in [5.74, 6) is 0.828. The molecular weight excluding hydrogens is 210 g/mol. The molecule has 78 valence electrons. The Labute approximate surface area is 91.8 Å². The largest absolute Gasteiger partial charge is 0.496 e. The fourth-order valence-electron chi connectivity index (χ4n) is 1.22. The summed E-state index contributed by atoms with van der Waals surface area (Å²) in [5.41, 5.74) is 6.80. The number of nitrogens with two attached hydrogens (primary N) is 1. The molecule has 4 nitrogen and oxygen atoms in total. The van der Waals surface area contributed by atoms with Crippen LogP contribution in [0.5, 0.6) is 5.75 Å². The van der Waals surface area contributed by atoms with Gasteiger partial charge in [0.1, 0.15) is 5.75 Å². The van der Waals surface area contributed by atoms with Crippen LogP contribution in [0, 0.1) is 0 Å². The number of rotatable bonds is 3. The standard InChI is InChI=1S/C10H11N3OS/c1-14-7-4-9(15-6-7)10(11)8-5-12-2-3-13-8/h2-6,10H,11H2,1H3. The molecule has 2 heterocycles. The third-order valence-electron chi connectivity index (χ3n) is 2.04. The van der Waals surface area contributed by atoms with Crippen molar-refractivity contribution in [3.8, 4) is 5.75 Å². The van der Waals surface area contributed by atoms with Gasteiger partial charge in [-0.1, -0.05) is 0 Å². The van der Waals surface area contributed by atoms with Gasteiger partial charge in [-0.25, -0.2) is 0 Å². The molecule has 0 saturated heterocycles. The van der Waals surface area contributed by atoms with Gasteiger partial charge in [0.25, 0.3) is 0 Å². The number of hydrogen-bond acceptors (Lipinski definition) is 5. The lowest BCUT2D eigenvalue weighted by Gasteiger charge is -2.06. The maximum atomic E-state index is 6.04. The van der Waals surface area contributed by atoms with Gasteiger partial charge in [0.15, 0.2) is 0 Å². The summed E-state index contributed by atoms with van der Waals surface area (Å²) >= 11 is 1.56. The van der Waals surface area contributed by atoms with E-state index in [0.717, 1.165) is 16.3 Å². The molecule has 1 atom stereocenters. The van der Waals surface area contributed by atoms with E-state index in [1.165, 1.54) is 0 Å². The Morgan fingerprint density at radius 1 is 1.47 bits per heavy atom. The van der Waals surface area contributed by atoms with Crippen LogP contribution in [0.15, 0.2) is 30.0 Å². The van der Waals surface area contributed by atoms with Gasteiger partial charge in [0.2, 0.25) is 0 Å². The van der Waals surface area contributed by atoms with Crippen molar-refractivity contribution in [2.75, 3.05) is 7.11 Å². The number of aromatic nitrogens is 2. The van der Waals surface area contributed by atoms with E-state index in [1.807, 2.05) is 11.4 Å².